The summed E-state index contributed by atoms with van der Waals surface area (Å²) >= 11 is 1.10. The second-order valence-electron chi connectivity index (χ2n) is 5.82. The summed E-state index contributed by atoms with van der Waals surface area (Å²) in [5.41, 5.74) is 0.520. The zero-order valence-electron chi connectivity index (χ0n) is 12.7. The summed E-state index contributed by atoms with van der Waals surface area (Å²) < 4.78 is 3.70. The molecule has 1 aromatic heterocycles. The third-order valence-electron chi connectivity index (χ3n) is 2.71. The van der Waals surface area contributed by atoms with Gasteiger partial charge in [0.25, 0.3) is 5.91 Å². The number of aromatic nitrogens is 2. The van der Waals surface area contributed by atoms with Gasteiger partial charge in [-0.15, -0.1) is 5.10 Å². The monoisotopic (exact) mass is 318 g/mol. The van der Waals surface area contributed by atoms with Gasteiger partial charge in [0.15, 0.2) is 5.69 Å². The molecule has 0 saturated heterocycles. The first kappa shape index (κ1) is 16.1. The normalized spacial score (nSPS) is 11.0. The van der Waals surface area contributed by atoms with Gasteiger partial charge in [-0.25, -0.2) is 0 Å². The fraction of sp³-hybridized carbons (Fsp3) is 0.333. The van der Waals surface area contributed by atoms with Crippen molar-refractivity contribution >= 4 is 29.0 Å². The van der Waals surface area contributed by atoms with E-state index in [0.717, 1.165) is 11.5 Å². The average molecular weight is 318 g/mol. The lowest BCUT2D eigenvalue weighted by Crippen LogP contribution is -2.47. The van der Waals surface area contributed by atoms with Crippen molar-refractivity contribution in [2.24, 2.45) is 0 Å². The maximum Gasteiger partial charge on any atom is 0.280 e. The molecule has 0 aliphatic heterocycles. The molecule has 0 atom stereocenters. The third-order valence-corrected chi connectivity index (χ3v) is 3.21. The number of amides is 2. The van der Waals surface area contributed by atoms with Crippen LogP contribution in [0.5, 0.6) is 0 Å². The highest BCUT2D eigenvalue weighted by Gasteiger charge is 2.24. The lowest BCUT2D eigenvalue weighted by Gasteiger charge is -2.25. The van der Waals surface area contributed by atoms with Crippen molar-refractivity contribution in [3.05, 3.63) is 41.4 Å². The number of hydrogen-bond acceptors (Lipinski definition) is 5. The van der Waals surface area contributed by atoms with E-state index in [1.165, 1.54) is 4.90 Å². The van der Waals surface area contributed by atoms with Crippen molar-refractivity contribution in [3.8, 4) is 0 Å². The number of nitrogens with zero attached hydrogens (tertiary/aromatic N) is 3. The Bertz CT molecular complexity index is 635. The number of para-hydroxylation sites is 1. The van der Waals surface area contributed by atoms with Crippen molar-refractivity contribution in [2.75, 3.05) is 11.4 Å². The molecular formula is C15H18N4O2S. The van der Waals surface area contributed by atoms with E-state index >= 15 is 0 Å². The highest BCUT2D eigenvalue weighted by Crippen LogP contribution is 2.16. The summed E-state index contributed by atoms with van der Waals surface area (Å²) in [5.74, 6) is -0.572. The topological polar surface area (TPSA) is 75.2 Å². The number of carbonyl (C=O) groups is 2. The Morgan fingerprint density at radius 3 is 2.45 bits per heavy atom. The van der Waals surface area contributed by atoms with Gasteiger partial charge in [-0.3, -0.25) is 14.5 Å². The maximum absolute atomic E-state index is 12.6. The number of rotatable bonds is 4. The van der Waals surface area contributed by atoms with Crippen LogP contribution in [0.25, 0.3) is 0 Å². The molecule has 7 heteroatoms. The SMILES string of the molecule is CC(C)(C)NC(=O)CN(C(=O)c1csnn1)c1ccccc1. The van der Waals surface area contributed by atoms with Gasteiger partial charge in [0, 0.05) is 16.6 Å². The first-order valence-electron chi connectivity index (χ1n) is 6.82. The molecule has 0 spiro atoms. The van der Waals surface area contributed by atoms with Crippen LogP contribution in [0.1, 0.15) is 31.3 Å². The van der Waals surface area contributed by atoms with Crippen LogP contribution in [0.15, 0.2) is 35.7 Å². The van der Waals surface area contributed by atoms with Crippen LogP contribution < -0.4 is 10.2 Å². The molecular weight excluding hydrogens is 300 g/mol. The van der Waals surface area contributed by atoms with E-state index in [-0.39, 0.29) is 29.6 Å². The van der Waals surface area contributed by atoms with Crippen molar-refractivity contribution < 1.29 is 9.59 Å². The molecule has 1 N–H and O–H groups in total. The lowest BCUT2D eigenvalue weighted by molar-refractivity contribution is -0.121. The Kier molecular flexibility index (Phi) is 4.87. The summed E-state index contributed by atoms with van der Waals surface area (Å²) in [6.07, 6.45) is 0. The van der Waals surface area contributed by atoms with E-state index in [9.17, 15) is 9.59 Å². The fourth-order valence-corrected chi connectivity index (χ4v) is 2.32. The van der Waals surface area contributed by atoms with Gasteiger partial charge in [0.1, 0.15) is 6.54 Å². The van der Waals surface area contributed by atoms with Crippen molar-refractivity contribution in [3.63, 3.8) is 0 Å². The number of nitrogens with one attached hydrogen (secondary N) is 1. The van der Waals surface area contributed by atoms with Crippen molar-refractivity contribution in [1.82, 2.24) is 14.9 Å². The number of carbonyl (C=O) groups excluding carboxylic acids is 2. The van der Waals surface area contributed by atoms with E-state index in [0.29, 0.717) is 5.69 Å². The molecule has 1 heterocycles. The number of benzene rings is 1. The second kappa shape index (κ2) is 6.65. The molecule has 22 heavy (non-hydrogen) atoms. The molecule has 2 rings (SSSR count). The quantitative estimate of drug-likeness (QED) is 0.937. The van der Waals surface area contributed by atoms with Crippen LogP contribution >= 0.6 is 11.5 Å². The largest absolute Gasteiger partial charge is 0.350 e. The van der Waals surface area contributed by atoms with Gasteiger partial charge in [-0.05, 0) is 44.4 Å². The van der Waals surface area contributed by atoms with Crippen molar-refractivity contribution in [2.45, 2.75) is 26.3 Å². The molecule has 2 amide bonds. The summed E-state index contributed by atoms with van der Waals surface area (Å²) in [7, 11) is 0. The molecule has 116 valence electrons. The number of hydrogen-bond donors (Lipinski definition) is 1. The highest BCUT2D eigenvalue weighted by molar-refractivity contribution is 7.03. The van der Waals surface area contributed by atoms with Crippen LogP contribution in [-0.4, -0.2) is 33.5 Å². The summed E-state index contributed by atoms with van der Waals surface area (Å²) in [4.78, 5) is 26.1. The second-order valence-corrected chi connectivity index (χ2v) is 6.42. The third kappa shape index (κ3) is 4.36. The fourth-order valence-electron chi connectivity index (χ4n) is 1.89. The lowest BCUT2D eigenvalue weighted by atomic mass is 10.1. The molecule has 0 aliphatic carbocycles. The molecule has 6 nitrogen and oxygen atoms in total. The Labute approximate surface area is 133 Å². The van der Waals surface area contributed by atoms with Gasteiger partial charge in [0.2, 0.25) is 5.91 Å². The Morgan fingerprint density at radius 1 is 1.23 bits per heavy atom. The van der Waals surface area contributed by atoms with Crippen LogP contribution in [0, 0.1) is 0 Å². The highest BCUT2D eigenvalue weighted by atomic mass is 32.1. The minimum atomic E-state index is -0.356. The smallest absolute Gasteiger partial charge is 0.280 e. The minimum Gasteiger partial charge on any atom is -0.350 e. The first-order chi connectivity index (χ1) is 10.4. The Hall–Kier alpha value is -2.28. The Balaban J connectivity index is 2.23. The van der Waals surface area contributed by atoms with E-state index in [4.69, 9.17) is 0 Å². The van der Waals surface area contributed by atoms with Gasteiger partial charge in [-0.2, -0.15) is 0 Å². The van der Waals surface area contributed by atoms with Crippen LogP contribution in [-0.2, 0) is 4.79 Å². The average Bonchev–Trinajstić information content (AvgIpc) is 2.97. The molecule has 0 radical (unpaired) electrons. The molecule has 0 bridgehead atoms. The summed E-state index contributed by atoms with van der Waals surface area (Å²) in [5, 5.41) is 8.21. The summed E-state index contributed by atoms with van der Waals surface area (Å²) in [6, 6.07) is 9.04. The van der Waals surface area contributed by atoms with Crippen LogP contribution in [0.4, 0.5) is 5.69 Å². The first-order valence-corrected chi connectivity index (χ1v) is 7.65. The molecule has 0 unspecified atom stereocenters. The van der Waals surface area contributed by atoms with Gasteiger partial charge >= 0.3 is 0 Å². The van der Waals surface area contributed by atoms with E-state index in [2.05, 4.69) is 14.9 Å². The van der Waals surface area contributed by atoms with E-state index in [1.807, 2.05) is 39.0 Å². The van der Waals surface area contributed by atoms with E-state index in [1.54, 1.807) is 17.5 Å². The maximum atomic E-state index is 12.6. The zero-order chi connectivity index (χ0) is 16.2. The predicted molar refractivity (Wildman–Crippen MR) is 85.9 cm³/mol. The molecule has 0 aliphatic rings. The number of anilines is 1. The van der Waals surface area contributed by atoms with Gasteiger partial charge < -0.3 is 5.32 Å². The molecule has 0 saturated carbocycles. The molecule has 2 aromatic rings. The van der Waals surface area contributed by atoms with Crippen LogP contribution in [0.2, 0.25) is 0 Å². The predicted octanol–water partition coefficient (Wildman–Crippen LogP) is 2.10. The molecule has 1 aromatic carbocycles. The van der Waals surface area contributed by atoms with Gasteiger partial charge in [-0.1, -0.05) is 22.7 Å². The van der Waals surface area contributed by atoms with Gasteiger partial charge in [0.05, 0.1) is 0 Å². The van der Waals surface area contributed by atoms with E-state index < -0.39 is 0 Å². The minimum absolute atomic E-state index is 0.0718. The molecule has 0 fully saturated rings. The zero-order valence-corrected chi connectivity index (χ0v) is 13.6. The standard InChI is InChI=1S/C15H18N4O2S/c1-15(2,3)16-13(20)9-19(11-7-5-4-6-8-11)14(21)12-10-22-18-17-12/h4-8,10H,9H2,1-3H3,(H,16,20). The Morgan fingerprint density at radius 2 is 1.91 bits per heavy atom. The van der Waals surface area contributed by atoms with Crippen molar-refractivity contribution in [1.29, 1.82) is 0 Å². The summed E-state index contributed by atoms with van der Waals surface area (Å²) in [6.45, 7) is 5.61. The van der Waals surface area contributed by atoms with Crippen LogP contribution in [0.3, 0.4) is 0 Å².